The Kier molecular flexibility index (Phi) is 4.67. The number of piperazine rings is 1. The second kappa shape index (κ2) is 7.13. The van der Waals surface area contributed by atoms with Gasteiger partial charge in [-0.1, -0.05) is 12.1 Å². The Morgan fingerprint density at radius 2 is 2.15 bits per heavy atom. The van der Waals surface area contributed by atoms with Crippen LogP contribution in [0.5, 0.6) is 0 Å². The first kappa shape index (κ1) is 17.7. The summed E-state index contributed by atoms with van der Waals surface area (Å²) in [7, 11) is 1.46. The molecule has 140 valence electrons. The normalized spacial score (nSPS) is 19.2. The van der Waals surface area contributed by atoms with E-state index in [2.05, 4.69) is 5.32 Å². The minimum Gasteiger partial charge on any atom is -0.375 e. The quantitative estimate of drug-likeness (QED) is 0.872. The molecule has 2 aromatic rings. The second-order valence-electron chi connectivity index (χ2n) is 6.51. The molecule has 1 aromatic carbocycles. The molecule has 1 N–H and O–H groups in total. The molecule has 0 aliphatic carbocycles. The molecule has 3 heterocycles. The molecule has 1 saturated heterocycles. The average molecular weight is 385 g/mol. The number of nitrogens with one attached hydrogen (secondary N) is 1. The zero-order valence-corrected chi connectivity index (χ0v) is 15.6. The van der Waals surface area contributed by atoms with Gasteiger partial charge >= 0.3 is 0 Å². The van der Waals surface area contributed by atoms with Crippen molar-refractivity contribution in [1.29, 1.82) is 0 Å². The van der Waals surface area contributed by atoms with Crippen molar-refractivity contribution in [2.75, 3.05) is 38.7 Å². The number of anilines is 1. The van der Waals surface area contributed by atoms with Gasteiger partial charge in [0.15, 0.2) is 0 Å². The van der Waals surface area contributed by atoms with Gasteiger partial charge in [-0.2, -0.15) is 0 Å². The zero-order valence-electron chi connectivity index (χ0n) is 14.8. The Morgan fingerprint density at radius 1 is 1.30 bits per heavy atom. The largest absolute Gasteiger partial charge is 0.375 e. The van der Waals surface area contributed by atoms with Crippen LogP contribution in [0.3, 0.4) is 0 Å². The highest BCUT2D eigenvalue weighted by Crippen LogP contribution is 2.32. The van der Waals surface area contributed by atoms with Gasteiger partial charge in [-0.15, -0.1) is 11.3 Å². The number of carbonyl (C=O) groups excluding carboxylic acids is 3. The van der Waals surface area contributed by atoms with Gasteiger partial charge in [-0.05, 0) is 29.1 Å². The van der Waals surface area contributed by atoms with Gasteiger partial charge in [-0.25, -0.2) is 0 Å². The Labute approximate surface area is 160 Å². The zero-order chi connectivity index (χ0) is 19.0. The van der Waals surface area contributed by atoms with E-state index >= 15 is 0 Å². The minimum atomic E-state index is -0.704. The van der Waals surface area contributed by atoms with Crippen LogP contribution in [0.1, 0.15) is 10.4 Å². The van der Waals surface area contributed by atoms with Crippen LogP contribution in [0.2, 0.25) is 0 Å². The van der Waals surface area contributed by atoms with Crippen molar-refractivity contribution in [1.82, 2.24) is 9.80 Å². The molecule has 0 spiro atoms. The molecular formula is C19H19N3O4S. The summed E-state index contributed by atoms with van der Waals surface area (Å²) in [6.45, 7) is 0.838. The van der Waals surface area contributed by atoms with E-state index in [0.717, 1.165) is 10.4 Å². The molecule has 0 radical (unpaired) electrons. The molecule has 1 unspecified atom stereocenters. The third-order valence-electron chi connectivity index (χ3n) is 4.88. The SMILES string of the molecule is COCC(=O)N1CCN2C(=O)c3cc(-c4cccs4)ccc3NC(=O)C2C1. The number of methoxy groups -OCH3 is 1. The first-order chi connectivity index (χ1) is 13.1. The number of carbonyl (C=O) groups is 3. The van der Waals surface area contributed by atoms with Crippen molar-refractivity contribution in [2.45, 2.75) is 6.04 Å². The van der Waals surface area contributed by atoms with Crippen LogP contribution >= 0.6 is 11.3 Å². The Morgan fingerprint density at radius 3 is 2.89 bits per heavy atom. The first-order valence-electron chi connectivity index (χ1n) is 8.65. The molecule has 1 aromatic heterocycles. The summed E-state index contributed by atoms with van der Waals surface area (Å²) in [5, 5.41) is 4.83. The first-order valence-corrected chi connectivity index (χ1v) is 9.53. The van der Waals surface area contributed by atoms with Crippen LogP contribution in [-0.4, -0.2) is 66.9 Å². The maximum atomic E-state index is 13.1. The van der Waals surface area contributed by atoms with Gasteiger partial charge in [-0.3, -0.25) is 14.4 Å². The van der Waals surface area contributed by atoms with Gasteiger partial charge in [0.1, 0.15) is 12.6 Å². The summed E-state index contributed by atoms with van der Waals surface area (Å²) >= 11 is 1.60. The molecule has 4 rings (SSSR count). The van der Waals surface area contributed by atoms with Gasteiger partial charge in [0.25, 0.3) is 5.91 Å². The fourth-order valence-electron chi connectivity index (χ4n) is 3.49. The van der Waals surface area contributed by atoms with Crippen LogP contribution in [-0.2, 0) is 14.3 Å². The average Bonchev–Trinajstić information content (AvgIpc) is 3.19. The number of hydrogen-bond acceptors (Lipinski definition) is 5. The molecular weight excluding hydrogens is 366 g/mol. The minimum absolute atomic E-state index is 0.0350. The van der Waals surface area contributed by atoms with Crippen molar-refractivity contribution in [3.8, 4) is 10.4 Å². The van der Waals surface area contributed by atoms with E-state index in [4.69, 9.17) is 4.74 Å². The van der Waals surface area contributed by atoms with E-state index in [1.165, 1.54) is 7.11 Å². The fourth-order valence-corrected chi connectivity index (χ4v) is 4.21. The lowest BCUT2D eigenvalue weighted by molar-refractivity contribution is -0.139. The summed E-state index contributed by atoms with van der Waals surface area (Å²) in [5.41, 5.74) is 1.93. The van der Waals surface area contributed by atoms with Crippen LogP contribution in [0.15, 0.2) is 35.7 Å². The highest BCUT2D eigenvalue weighted by atomic mass is 32.1. The third kappa shape index (κ3) is 3.22. The lowest BCUT2D eigenvalue weighted by Gasteiger charge is -2.39. The Balaban J connectivity index is 1.64. The van der Waals surface area contributed by atoms with E-state index in [0.29, 0.717) is 24.3 Å². The van der Waals surface area contributed by atoms with E-state index in [-0.39, 0.29) is 30.9 Å². The number of nitrogens with zero attached hydrogens (tertiary/aromatic N) is 2. The number of rotatable bonds is 3. The monoisotopic (exact) mass is 385 g/mol. The summed E-state index contributed by atoms with van der Waals surface area (Å²) in [4.78, 5) is 42.2. The molecule has 27 heavy (non-hydrogen) atoms. The molecule has 1 fully saturated rings. The molecule has 7 nitrogen and oxygen atoms in total. The van der Waals surface area contributed by atoms with E-state index < -0.39 is 6.04 Å². The van der Waals surface area contributed by atoms with Crippen molar-refractivity contribution in [3.63, 3.8) is 0 Å². The van der Waals surface area contributed by atoms with Gasteiger partial charge in [0, 0.05) is 25.1 Å². The van der Waals surface area contributed by atoms with Crippen molar-refractivity contribution in [2.24, 2.45) is 0 Å². The van der Waals surface area contributed by atoms with E-state index in [1.807, 2.05) is 29.6 Å². The number of hydrogen-bond donors (Lipinski definition) is 1. The lowest BCUT2D eigenvalue weighted by atomic mass is 10.1. The maximum Gasteiger partial charge on any atom is 0.256 e. The highest BCUT2D eigenvalue weighted by molar-refractivity contribution is 7.13. The summed E-state index contributed by atoms with van der Waals surface area (Å²) in [6, 6.07) is 8.75. The predicted molar refractivity (Wildman–Crippen MR) is 102 cm³/mol. The van der Waals surface area contributed by atoms with Crippen LogP contribution in [0.25, 0.3) is 10.4 Å². The van der Waals surface area contributed by atoms with Crippen molar-refractivity contribution < 1.29 is 19.1 Å². The molecule has 2 aliphatic rings. The molecule has 8 heteroatoms. The van der Waals surface area contributed by atoms with Crippen LogP contribution in [0, 0.1) is 0 Å². The molecule has 0 saturated carbocycles. The summed E-state index contributed by atoms with van der Waals surface area (Å²) < 4.78 is 4.89. The molecule has 2 aliphatic heterocycles. The van der Waals surface area contributed by atoms with Gasteiger partial charge in [0.2, 0.25) is 11.8 Å². The van der Waals surface area contributed by atoms with E-state index in [1.54, 1.807) is 27.2 Å². The van der Waals surface area contributed by atoms with Crippen LogP contribution in [0.4, 0.5) is 5.69 Å². The van der Waals surface area contributed by atoms with Crippen molar-refractivity contribution >= 4 is 34.7 Å². The highest BCUT2D eigenvalue weighted by Gasteiger charge is 2.40. The number of benzene rings is 1. The number of fused-ring (bicyclic) bond motifs is 2. The molecule has 0 bridgehead atoms. The second-order valence-corrected chi connectivity index (χ2v) is 7.46. The maximum absolute atomic E-state index is 13.1. The van der Waals surface area contributed by atoms with E-state index in [9.17, 15) is 14.4 Å². The summed E-state index contributed by atoms with van der Waals surface area (Å²) in [6.07, 6.45) is 0. The van der Waals surface area contributed by atoms with Gasteiger partial charge in [0.05, 0.1) is 17.8 Å². The fraction of sp³-hybridized carbons (Fsp3) is 0.316. The topological polar surface area (TPSA) is 79.0 Å². The lowest BCUT2D eigenvalue weighted by Crippen LogP contribution is -2.59. The predicted octanol–water partition coefficient (Wildman–Crippen LogP) is 1.67. The smallest absolute Gasteiger partial charge is 0.256 e. The number of amides is 3. The molecule has 1 atom stereocenters. The van der Waals surface area contributed by atoms with Crippen molar-refractivity contribution in [3.05, 3.63) is 41.3 Å². The van der Waals surface area contributed by atoms with Gasteiger partial charge < -0.3 is 19.9 Å². The number of thiophene rings is 1. The van der Waals surface area contributed by atoms with Crippen LogP contribution < -0.4 is 5.32 Å². The number of ether oxygens (including phenoxy) is 1. The Bertz CT molecular complexity index is 896. The standard InChI is InChI=1S/C19H19N3O4S/c1-26-11-17(23)21-6-7-22-15(10-21)18(24)20-14-5-4-12(9-13(14)19(22)25)16-3-2-8-27-16/h2-5,8-9,15H,6-7,10-11H2,1H3,(H,20,24). The summed E-state index contributed by atoms with van der Waals surface area (Å²) in [5.74, 6) is -0.648. The molecule has 3 amide bonds. The Hall–Kier alpha value is -2.71. The third-order valence-corrected chi connectivity index (χ3v) is 5.80.